The molecule has 1 heterocycles. The summed E-state index contributed by atoms with van der Waals surface area (Å²) in [6.07, 6.45) is 1.68. The molecule has 10 heavy (non-hydrogen) atoms. The quantitative estimate of drug-likeness (QED) is 0.373. The summed E-state index contributed by atoms with van der Waals surface area (Å²) in [6, 6.07) is -0.0845. The van der Waals surface area contributed by atoms with Gasteiger partial charge >= 0.3 is 0 Å². The first-order valence-corrected chi connectivity index (χ1v) is 3.57. The lowest BCUT2D eigenvalue weighted by atomic mass is 10.2. The first-order chi connectivity index (χ1) is 4.88. The molecule has 0 amide bonds. The molecule has 0 saturated heterocycles. The standard InChI is InChI=1S/C5H8N4S/c1-2-4(7-6)5-3-10-9-8-5/h2-4,7H,1,6H2. The minimum atomic E-state index is -0.0845. The van der Waals surface area contributed by atoms with E-state index in [1.807, 2.05) is 5.38 Å². The van der Waals surface area contributed by atoms with Crippen molar-refractivity contribution in [1.82, 2.24) is 15.0 Å². The van der Waals surface area contributed by atoms with E-state index in [1.165, 1.54) is 11.5 Å². The summed E-state index contributed by atoms with van der Waals surface area (Å²) in [5.41, 5.74) is 3.35. The van der Waals surface area contributed by atoms with E-state index in [0.717, 1.165) is 5.69 Å². The van der Waals surface area contributed by atoms with E-state index < -0.39 is 0 Å². The molecule has 0 aromatic carbocycles. The van der Waals surface area contributed by atoms with Crippen LogP contribution < -0.4 is 11.3 Å². The van der Waals surface area contributed by atoms with E-state index in [4.69, 9.17) is 5.84 Å². The van der Waals surface area contributed by atoms with Gasteiger partial charge in [-0.25, -0.2) is 5.43 Å². The molecule has 5 heteroatoms. The van der Waals surface area contributed by atoms with Crippen LogP contribution in [0.5, 0.6) is 0 Å². The SMILES string of the molecule is C=CC(NN)c1csnn1. The summed E-state index contributed by atoms with van der Waals surface area (Å²) in [4.78, 5) is 0. The molecular formula is C5H8N4S. The Hall–Kier alpha value is -0.780. The second-order valence-corrected chi connectivity index (χ2v) is 2.32. The van der Waals surface area contributed by atoms with Crippen molar-refractivity contribution in [2.75, 3.05) is 0 Å². The van der Waals surface area contributed by atoms with Gasteiger partial charge in [0.1, 0.15) is 0 Å². The molecule has 0 fully saturated rings. The highest BCUT2D eigenvalue weighted by atomic mass is 32.1. The lowest BCUT2D eigenvalue weighted by molar-refractivity contribution is 0.637. The minimum Gasteiger partial charge on any atom is -0.271 e. The number of hydrogen-bond acceptors (Lipinski definition) is 5. The highest BCUT2D eigenvalue weighted by molar-refractivity contribution is 7.03. The third kappa shape index (κ3) is 1.38. The van der Waals surface area contributed by atoms with Gasteiger partial charge in [0.25, 0.3) is 0 Å². The number of nitrogens with one attached hydrogen (secondary N) is 1. The first-order valence-electron chi connectivity index (χ1n) is 2.74. The molecular weight excluding hydrogens is 148 g/mol. The zero-order valence-electron chi connectivity index (χ0n) is 5.32. The molecule has 0 bridgehead atoms. The third-order valence-corrected chi connectivity index (χ3v) is 1.63. The van der Waals surface area contributed by atoms with Gasteiger partial charge < -0.3 is 0 Å². The van der Waals surface area contributed by atoms with Gasteiger partial charge in [0, 0.05) is 5.38 Å². The van der Waals surface area contributed by atoms with Crippen molar-refractivity contribution in [2.45, 2.75) is 6.04 Å². The van der Waals surface area contributed by atoms with Gasteiger partial charge in [0.2, 0.25) is 0 Å². The smallest absolute Gasteiger partial charge is 0.0976 e. The summed E-state index contributed by atoms with van der Waals surface area (Å²) in [6.45, 7) is 3.58. The normalized spacial score (nSPS) is 12.9. The van der Waals surface area contributed by atoms with Crippen LogP contribution in [-0.2, 0) is 0 Å². The Kier molecular flexibility index (Phi) is 2.49. The molecule has 0 aliphatic carbocycles. The summed E-state index contributed by atoms with van der Waals surface area (Å²) >= 11 is 1.29. The molecule has 54 valence electrons. The van der Waals surface area contributed by atoms with Crippen LogP contribution in [-0.4, -0.2) is 9.59 Å². The highest BCUT2D eigenvalue weighted by Gasteiger charge is 2.06. The average Bonchev–Trinajstić information content (AvgIpc) is 2.43. The number of rotatable bonds is 3. The van der Waals surface area contributed by atoms with E-state index in [9.17, 15) is 0 Å². The van der Waals surface area contributed by atoms with Crippen LogP contribution in [0.3, 0.4) is 0 Å². The summed E-state index contributed by atoms with van der Waals surface area (Å²) in [5, 5.41) is 5.64. The molecule has 4 nitrogen and oxygen atoms in total. The second kappa shape index (κ2) is 3.40. The predicted molar refractivity (Wildman–Crippen MR) is 40.2 cm³/mol. The molecule has 0 aliphatic heterocycles. The molecule has 1 atom stereocenters. The third-order valence-electron chi connectivity index (χ3n) is 1.11. The Morgan fingerprint density at radius 3 is 3.10 bits per heavy atom. The summed E-state index contributed by atoms with van der Waals surface area (Å²) in [7, 11) is 0. The maximum atomic E-state index is 5.19. The topological polar surface area (TPSA) is 63.8 Å². The van der Waals surface area contributed by atoms with Crippen molar-refractivity contribution < 1.29 is 0 Å². The van der Waals surface area contributed by atoms with Crippen molar-refractivity contribution in [2.24, 2.45) is 5.84 Å². The molecule has 0 saturated carbocycles. The van der Waals surface area contributed by atoms with E-state index in [-0.39, 0.29) is 6.04 Å². The number of hydrazine groups is 1. The van der Waals surface area contributed by atoms with E-state index in [1.54, 1.807) is 6.08 Å². The maximum Gasteiger partial charge on any atom is 0.0976 e. The van der Waals surface area contributed by atoms with Crippen molar-refractivity contribution in [1.29, 1.82) is 0 Å². The predicted octanol–water partition coefficient (Wildman–Crippen LogP) is 0.228. The second-order valence-electron chi connectivity index (χ2n) is 1.71. The van der Waals surface area contributed by atoms with Crippen LogP contribution in [0.25, 0.3) is 0 Å². The van der Waals surface area contributed by atoms with Gasteiger partial charge in [-0.15, -0.1) is 11.7 Å². The van der Waals surface area contributed by atoms with Gasteiger partial charge in [0.15, 0.2) is 0 Å². The fourth-order valence-corrected chi connectivity index (χ4v) is 1.07. The fourth-order valence-electron chi connectivity index (χ4n) is 0.582. The Morgan fingerprint density at radius 1 is 1.90 bits per heavy atom. The number of nitrogens with two attached hydrogens (primary N) is 1. The molecule has 0 radical (unpaired) electrons. The Balaban J connectivity index is 2.73. The van der Waals surface area contributed by atoms with Crippen LogP contribution in [0.15, 0.2) is 18.0 Å². The minimum absolute atomic E-state index is 0.0845. The van der Waals surface area contributed by atoms with Crippen LogP contribution in [0, 0.1) is 0 Å². The molecule has 1 unspecified atom stereocenters. The number of nitrogens with zero attached hydrogens (tertiary/aromatic N) is 2. The van der Waals surface area contributed by atoms with Crippen LogP contribution in [0.1, 0.15) is 11.7 Å². The van der Waals surface area contributed by atoms with E-state index in [0.29, 0.717) is 0 Å². The monoisotopic (exact) mass is 156 g/mol. The lowest BCUT2D eigenvalue weighted by Crippen LogP contribution is -2.26. The molecule has 0 spiro atoms. The van der Waals surface area contributed by atoms with Crippen LogP contribution in [0.4, 0.5) is 0 Å². The van der Waals surface area contributed by atoms with Gasteiger partial charge in [-0.2, -0.15) is 0 Å². The zero-order valence-corrected chi connectivity index (χ0v) is 6.14. The molecule has 1 aromatic rings. The molecule has 0 aliphatic rings. The van der Waals surface area contributed by atoms with Gasteiger partial charge in [-0.05, 0) is 11.5 Å². The largest absolute Gasteiger partial charge is 0.271 e. The fraction of sp³-hybridized carbons (Fsp3) is 0.200. The molecule has 1 rings (SSSR count). The van der Waals surface area contributed by atoms with Crippen LogP contribution in [0.2, 0.25) is 0 Å². The van der Waals surface area contributed by atoms with Gasteiger partial charge in [-0.3, -0.25) is 5.84 Å². The lowest BCUT2D eigenvalue weighted by Gasteiger charge is -2.04. The number of hydrogen-bond donors (Lipinski definition) is 2. The molecule has 1 aromatic heterocycles. The van der Waals surface area contributed by atoms with Crippen molar-refractivity contribution in [3.05, 3.63) is 23.7 Å². The Labute approximate surface area is 62.9 Å². The van der Waals surface area contributed by atoms with E-state index in [2.05, 4.69) is 21.6 Å². The summed E-state index contributed by atoms with van der Waals surface area (Å²) in [5.74, 6) is 5.19. The number of aromatic nitrogens is 2. The summed E-state index contributed by atoms with van der Waals surface area (Å²) < 4.78 is 3.69. The average molecular weight is 156 g/mol. The Morgan fingerprint density at radius 2 is 2.70 bits per heavy atom. The van der Waals surface area contributed by atoms with Gasteiger partial charge in [-0.1, -0.05) is 10.6 Å². The molecule has 3 N–H and O–H groups in total. The van der Waals surface area contributed by atoms with Crippen molar-refractivity contribution >= 4 is 11.5 Å². The van der Waals surface area contributed by atoms with Crippen molar-refractivity contribution in [3.8, 4) is 0 Å². The maximum absolute atomic E-state index is 5.19. The highest BCUT2D eigenvalue weighted by Crippen LogP contribution is 2.09. The zero-order chi connectivity index (χ0) is 7.40. The van der Waals surface area contributed by atoms with Gasteiger partial charge in [0.05, 0.1) is 11.7 Å². The van der Waals surface area contributed by atoms with Crippen LogP contribution >= 0.6 is 11.5 Å². The first kappa shape index (κ1) is 7.33. The Bertz CT molecular complexity index is 195. The van der Waals surface area contributed by atoms with Crippen molar-refractivity contribution in [3.63, 3.8) is 0 Å². The van der Waals surface area contributed by atoms with E-state index >= 15 is 0 Å².